The second-order valence-corrected chi connectivity index (χ2v) is 7.06. The molecule has 3 heterocycles. The first kappa shape index (κ1) is 17.3. The fourth-order valence-corrected chi connectivity index (χ4v) is 3.92. The van der Waals surface area contributed by atoms with E-state index in [2.05, 4.69) is 10.1 Å². The van der Waals surface area contributed by atoms with Gasteiger partial charge in [-0.25, -0.2) is 4.98 Å². The molecule has 0 unspecified atom stereocenters. The summed E-state index contributed by atoms with van der Waals surface area (Å²) in [6.07, 6.45) is 3.00. The summed E-state index contributed by atoms with van der Waals surface area (Å²) < 4.78 is 12.3. The molecule has 0 atom stereocenters. The van der Waals surface area contributed by atoms with Crippen LogP contribution in [0.3, 0.4) is 0 Å². The average Bonchev–Trinajstić information content (AvgIpc) is 3.34. The van der Waals surface area contributed by atoms with Gasteiger partial charge < -0.3 is 19.5 Å². The number of ether oxygens (including phenoxy) is 2. The van der Waals surface area contributed by atoms with Gasteiger partial charge in [-0.05, 0) is 18.2 Å². The minimum atomic E-state index is -0.105. The zero-order chi connectivity index (χ0) is 19.0. The highest BCUT2D eigenvalue weighted by atomic mass is 32.1. The van der Waals surface area contributed by atoms with Crippen LogP contribution in [-0.2, 0) is 13.1 Å². The van der Waals surface area contributed by atoms with Crippen molar-refractivity contribution in [2.75, 3.05) is 20.8 Å². The summed E-state index contributed by atoms with van der Waals surface area (Å²) in [5, 5.41) is 14.7. The fourth-order valence-electron chi connectivity index (χ4n) is 3.04. The van der Waals surface area contributed by atoms with E-state index in [0.717, 1.165) is 10.6 Å². The van der Waals surface area contributed by atoms with Crippen molar-refractivity contribution in [1.82, 2.24) is 19.7 Å². The molecule has 1 aliphatic rings. The van der Waals surface area contributed by atoms with Gasteiger partial charge in [0.2, 0.25) is 0 Å². The quantitative estimate of drug-likeness (QED) is 0.741. The number of carbonyl (C=O) groups excluding carboxylic acids is 1. The third kappa shape index (κ3) is 3.10. The Balaban J connectivity index is 1.56. The molecule has 27 heavy (non-hydrogen) atoms. The first-order valence-corrected chi connectivity index (χ1v) is 9.13. The minimum Gasteiger partial charge on any atom is -0.504 e. The molecule has 3 aromatic rings. The van der Waals surface area contributed by atoms with Crippen molar-refractivity contribution in [3.63, 3.8) is 0 Å². The number of rotatable bonds is 4. The van der Waals surface area contributed by atoms with Crippen LogP contribution in [-0.4, -0.2) is 51.4 Å². The number of aromatic hydroxyl groups is 1. The Labute approximate surface area is 159 Å². The van der Waals surface area contributed by atoms with E-state index < -0.39 is 0 Å². The monoisotopic (exact) mass is 386 g/mol. The molecule has 1 aromatic carbocycles. The van der Waals surface area contributed by atoms with Crippen LogP contribution in [0.1, 0.15) is 15.4 Å². The Morgan fingerprint density at radius 1 is 1.19 bits per heavy atom. The maximum atomic E-state index is 12.9. The van der Waals surface area contributed by atoms with Crippen LogP contribution in [0.25, 0.3) is 10.6 Å². The van der Waals surface area contributed by atoms with E-state index in [4.69, 9.17) is 9.47 Å². The zero-order valence-electron chi connectivity index (χ0n) is 14.9. The number of hydrogen-bond acceptors (Lipinski definition) is 7. The van der Waals surface area contributed by atoms with Gasteiger partial charge in [0.1, 0.15) is 9.88 Å². The van der Waals surface area contributed by atoms with E-state index in [1.165, 1.54) is 17.5 Å². The molecule has 0 saturated heterocycles. The summed E-state index contributed by atoms with van der Waals surface area (Å²) in [4.78, 5) is 19.5. The van der Waals surface area contributed by atoms with Gasteiger partial charge in [0, 0.05) is 12.1 Å². The smallest absolute Gasteiger partial charge is 0.266 e. The highest BCUT2D eigenvalue weighted by Gasteiger charge is 2.26. The zero-order valence-corrected chi connectivity index (χ0v) is 15.7. The average molecular weight is 386 g/mol. The van der Waals surface area contributed by atoms with Crippen LogP contribution >= 0.6 is 11.3 Å². The molecule has 140 valence electrons. The summed E-state index contributed by atoms with van der Waals surface area (Å²) in [5.74, 6) is 1.26. The summed E-state index contributed by atoms with van der Waals surface area (Å²) >= 11 is 1.32. The van der Waals surface area contributed by atoms with Crippen molar-refractivity contribution in [1.29, 1.82) is 0 Å². The molecular weight excluding hydrogens is 368 g/mol. The molecule has 1 aliphatic heterocycles. The van der Waals surface area contributed by atoms with E-state index in [-0.39, 0.29) is 11.7 Å². The van der Waals surface area contributed by atoms with E-state index in [1.54, 1.807) is 30.0 Å². The van der Waals surface area contributed by atoms with Crippen molar-refractivity contribution in [2.24, 2.45) is 0 Å². The van der Waals surface area contributed by atoms with E-state index in [9.17, 15) is 9.90 Å². The molecular formula is C18H18N4O4S. The van der Waals surface area contributed by atoms with E-state index in [0.29, 0.717) is 41.7 Å². The third-order valence-electron chi connectivity index (χ3n) is 4.48. The van der Waals surface area contributed by atoms with Crippen LogP contribution in [0.2, 0.25) is 0 Å². The lowest BCUT2D eigenvalue weighted by atomic mass is 10.2. The Kier molecular flexibility index (Phi) is 4.44. The third-order valence-corrected chi connectivity index (χ3v) is 5.52. The number of thiazole rings is 1. The van der Waals surface area contributed by atoms with E-state index >= 15 is 0 Å². The molecule has 0 fully saturated rings. The number of carbonyl (C=O) groups is 1. The molecule has 8 nitrogen and oxygen atoms in total. The molecule has 9 heteroatoms. The first-order valence-electron chi connectivity index (χ1n) is 8.32. The van der Waals surface area contributed by atoms with Crippen molar-refractivity contribution in [3.05, 3.63) is 41.2 Å². The van der Waals surface area contributed by atoms with Gasteiger partial charge in [0.05, 0.1) is 45.4 Å². The van der Waals surface area contributed by atoms with Gasteiger partial charge in [-0.15, -0.1) is 11.3 Å². The number of amides is 1. The molecule has 0 spiro atoms. The van der Waals surface area contributed by atoms with E-state index in [1.807, 2.05) is 18.2 Å². The molecule has 0 saturated carbocycles. The Morgan fingerprint density at radius 3 is 2.78 bits per heavy atom. The van der Waals surface area contributed by atoms with Crippen molar-refractivity contribution in [3.8, 4) is 27.8 Å². The highest BCUT2D eigenvalue weighted by Crippen LogP contribution is 2.34. The summed E-state index contributed by atoms with van der Waals surface area (Å²) in [6, 6.07) is 5.53. The maximum Gasteiger partial charge on any atom is 0.266 e. The summed E-state index contributed by atoms with van der Waals surface area (Å²) in [5.41, 5.74) is 1.50. The van der Waals surface area contributed by atoms with Crippen LogP contribution < -0.4 is 9.47 Å². The first-order chi connectivity index (χ1) is 13.1. The van der Waals surface area contributed by atoms with Gasteiger partial charge in [-0.2, -0.15) is 5.10 Å². The predicted octanol–water partition coefficient (Wildman–Crippen LogP) is 2.39. The molecule has 4 rings (SSSR count). The van der Waals surface area contributed by atoms with Crippen LogP contribution in [0.5, 0.6) is 17.2 Å². The standard InChI is InChI=1S/C18H18N4O4S/c1-25-14-4-3-11(7-15(14)26-2)17-19-9-16(27-17)18(24)21-5-6-22-12(10-21)13(23)8-20-22/h3-4,7-9,23H,5-6,10H2,1-2H3. The topological polar surface area (TPSA) is 89.7 Å². The lowest BCUT2D eigenvalue weighted by Crippen LogP contribution is -2.38. The number of aromatic nitrogens is 3. The number of hydrogen-bond donors (Lipinski definition) is 1. The van der Waals surface area contributed by atoms with Crippen LogP contribution in [0.15, 0.2) is 30.6 Å². The molecule has 0 bridgehead atoms. The molecule has 2 aromatic heterocycles. The van der Waals surface area contributed by atoms with Crippen molar-refractivity contribution in [2.45, 2.75) is 13.1 Å². The predicted molar refractivity (Wildman–Crippen MR) is 99.3 cm³/mol. The van der Waals surface area contributed by atoms with Gasteiger partial charge >= 0.3 is 0 Å². The number of fused-ring (bicyclic) bond motifs is 1. The second-order valence-electron chi connectivity index (χ2n) is 6.03. The van der Waals surface area contributed by atoms with Gasteiger partial charge in [0.25, 0.3) is 5.91 Å². The Hall–Kier alpha value is -3.07. The highest BCUT2D eigenvalue weighted by molar-refractivity contribution is 7.16. The fraction of sp³-hybridized carbons (Fsp3) is 0.278. The number of nitrogens with zero attached hydrogens (tertiary/aromatic N) is 4. The molecule has 1 amide bonds. The van der Waals surface area contributed by atoms with Crippen LogP contribution in [0.4, 0.5) is 0 Å². The Bertz CT molecular complexity index is 997. The SMILES string of the molecule is COc1ccc(-c2ncc(C(=O)N3CCn4ncc(O)c4C3)s2)cc1OC. The summed E-state index contributed by atoms with van der Waals surface area (Å²) in [7, 11) is 3.16. The normalized spacial score (nSPS) is 13.3. The van der Waals surface area contributed by atoms with Gasteiger partial charge in [-0.3, -0.25) is 9.48 Å². The van der Waals surface area contributed by atoms with Crippen molar-refractivity contribution < 1.29 is 19.4 Å². The summed E-state index contributed by atoms with van der Waals surface area (Å²) in [6.45, 7) is 1.42. The Morgan fingerprint density at radius 2 is 2.00 bits per heavy atom. The molecule has 0 aliphatic carbocycles. The molecule has 0 radical (unpaired) electrons. The van der Waals surface area contributed by atoms with Gasteiger partial charge in [-0.1, -0.05) is 0 Å². The largest absolute Gasteiger partial charge is 0.504 e. The van der Waals surface area contributed by atoms with Crippen LogP contribution in [0, 0.1) is 0 Å². The number of methoxy groups -OCH3 is 2. The van der Waals surface area contributed by atoms with Gasteiger partial charge in [0.15, 0.2) is 17.2 Å². The lowest BCUT2D eigenvalue weighted by molar-refractivity contribution is 0.0709. The lowest BCUT2D eigenvalue weighted by Gasteiger charge is -2.27. The second kappa shape index (κ2) is 6.92. The molecule has 1 N–H and O–H groups in total. The number of benzene rings is 1. The maximum absolute atomic E-state index is 12.9. The van der Waals surface area contributed by atoms with Crippen molar-refractivity contribution >= 4 is 17.2 Å². The minimum absolute atomic E-state index is 0.105.